The summed E-state index contributed by atoms with van der Waals surface area (Å²) in [4.78, 5) is 0. The summed E-state index contributed by atoms with van der Waals surface area (Å²) in [7, 11) is 0. The molecule has 0 bridgehead atoms. The van der Waals surface area contributed by atoms with Gasteiger partial charge in [0.15, 0.2) is 0 Å². The molecule has 1 nitrogen and oxygen atoms in total. The zero-order chi connectivity index (χ0) is 14.3. The van der Waals surface area contributed by atoms with Crippen LogP contribution in [0.3, 0.4) is 0 Å². The van der Waals surface area contributed by atoms with Gasteiger partial charge in [-0.15, -0.1) is 0 Å². The maximum Gasteiger partial charge on any atom is 0.0342 e. The van der Waals surface area contributed by atoms with E-state index in [1.165, 1.54) is 24.1 Å². The van der Waals surface area contributed by atoms with Crippen molar-refractivity contribution in [2.24, 2.45) is 11.3 Å². The lowest BCUT2D eigenvalue weighted by Gasteiger charge is -2.22. The van der Waals surface area contributed by atoms with Gasteiger partial charge in [-0.05, 0) is 47.3 Å². The van der Waals surface area contributed by atoms with E-state index in [0.717, 1.165) is 5.92 Å². The Bertz CT molecular complexity index is 422. The molecule has 1 aromatic rings. The fraction of sp³-hybridized carbons (Fsp3) is 0.667. The van der Waals surface area contributed by atoms with Gasteiger partial charge < -0.3 is 5.32 Å². The van der Waals surface area contributed by atoms with Gasteiger partial charge in [0, 0.05) is 11.7 Å². The third-order valence-corrected chi connectivity index (χ3v) is 4.44. The van der Waals surface area contributed by atoms with Crippen LogP contribution in [0.2, 0.25) is 0 Å². The fourth-order valence-electron chi connectivity index (χ4n) is 3.37. The normalized spacial score (nSPS) is 26.4. The SMILES string of the molecule is CC1CC(C)(C)CC1Nc1ccc(C(C)(C)C)cc1. The van der Waals surface area contributed by atoms with E-state index in [0.29, 0.717) is 11.5 Å². The summed E-state index contributed by atoms with van der Waals surface area (Å²) in [6.07, 6.45) is 2.60. The van der Waals surface area contributed by atoms with Crippen LogP contribution in [0.1, 0.15) is 59.9 Å². The van der Waals surface area contributed by atoms with Crippen molar-refractivity contribution >= 4 is 5.69 Å². The number of nitrogens with one attached hydrogen (secondary N) is 1. The van der Waals surface area contributed by atoms with Crippen LogP contribution in [0.5, 0.6) is 0 Å². The lowest BCUT2D eigenvalue weighted by Crippen LogP contribution is -2.22. The fourth-order valence-corrected chi connectivity index (χ4v) is 3.37. The van der Waals surface area contributed by atoms with E-state index >= 15 is 0 Å². The number of benzene rings is 1. The van der Waals surface area contributed by atoms with Crippen LogP contribution in [0.15, 0.2) is 24.3 Å². The first-order valence-electron chi connectivity index (χ1n) is 7.54. The zero-order valence-electron chi connectivity index (χ0n) is 13.4. The first-order chi connectivity index (χ1) is 8.67. The van der Waals surface area contributed by atoms with Gasteiger partial charge in [-0.25, -0.2) is 0 Å². The molecule has 1 fully saturated rings. The van der Waals surface area contributed by atoms with Crippen LogP contribution in [-0.4, -0.2) is 6.04 Å². The average molecular weight is 259 g/mol. The lowest BCUT2D eigenvalue weighted by atomic mass is 9.87. The topological polar surface area (TPSA) is 12.0 Å². The van der Waals surface area contributed by atoms with Crippen molar-refractivity contribution in [2.75, 3.05) is 5.32 Å². The summed E-state index contributed by atoms with van der Waals surface area (Å²) in [5.74, 6) is 0.761. The molecule has 0 aliphatic heterocycles. The van der Waals surface area contributed by atoms with Crippen molar-refractivity contribution in [2.45, 2.75) is 65.8 Å². The first kappa shape index (κ1) is 14.4. The second-order valence-corrected chi connectivity index (χ2v) is 8.13. The summed E-state index contributed by atoms with van der Waals surface area (Å²) < 4.78 is 0. The van der Waals surface area contributed by atoms with Crippen molar-refractivity contribution < 1.29 is 0 Å². The predicted octanol–water partition coefficient (Wildman–Crippen LogP) is 5.22. The van der Waals surface area contributed by atoms with Gasteiger partial charge in [-0.1, -0.05) is 53.7 Å². The maximum atomic E-state index is 3.72. The molecule has 0 spiro atoms. The Morgan fingerprint density at radius 3 is 2.05 bits per heavy atom. The van der Waals surface area contributed by atoms with Crippen LogP contribution >= 0.6 is 0 Å². The molecule has 2 unspecified atom stereocenters. The van der Waals surface area contributed by atoms with E-state index in [2.05, 4.69) is 71.1 Å². The smallest absolute Gasteiger partial charge is 0.0342 e. The molecule has 0 saturated heterocycles. The van der Waals surface area contributed by atoms with E-state index in [1.807, 2.05) is 0 Å². The summed E-state index contributed by atoms with van der Waals surface area (Å²) in [5.41, 5.74) is 3.39. The highest BCUT2D eigenvalue weighted by atomic mass is 14.9. The zero-order valence-corrected chi connectivity index (χ0v) is 13.4. The monoisotopic (exact) mass is 259 g/mol. The van der Waals surface area contributed by atoms with Crippen molar-refractivity contribution in [3.8, 4) is 0 Å². The van der Waals surface area contributed by atoms with Gasteiger partial charge in [0.25, 0.3) is 0 Å². The molecular formula is C18H29N. The maximum absolute atomic E-state index is 3.72. The molecule has 1 aromatic carbocycles. The van der Waals surface area contributed by atoms with Crippen LogP contribution in [0, 0.1) is 11.3 Å². The standard InChI is InChI=1S/C18H29N/c1-13-11-18(5,6)12-16(13)19-15-9-7-14(8-10-15)17(2,3)4/h7-10,13,16,19H,11-12H2,1-6H3. The van der Waals surface area contributed by atoms with Gasteiger partial charge in [-0.2, -0.15) is 0 Å². The van der Waals surface area contributed by atoms with Gasteiger partial charge in [0.2, 0.25) is 0 Å². The third-order valence-electron chi connectivity index (χ3n) is 4.44. The summed E-state index contributed by atoms with van der Waals surface area (Å²) in [5, 5.41) is 3.72. The Labute approximate surface area is 118 Å². The Kier molecular flexibility index (Phi) is 3.68. The Morgan fingerprint density at radius 2 is 1.63 bits per heavy atom. The molecule has 0 aromatic heterocycles. The van der Waals surface area contributed by atoms with Crippen molar-refractivity contribution in [3.05, 3.63) is 29.8 Å². The van der Waals surface area contributed by atoms with Gasteiger partial charge in [0.05, 0.1) is 0 Å². The van der Waals surface area contributed by atoms with Crippen LogP contribution in [0.4, 0.5) is 5.69 Å². The first-order valence-corrected chi connectivity index (χ1v) is 7.54. The molecule has 0 amide bonds. The number of hydrogen-bond donors (Lipinski definition) is 1. The molecular weight excluding hydrogens is 230 g/mol. The van der Waals surface area contributed by atoms with Crippen molar-refractivity contribution in [1.82, 2.24) is 0 Å². The van der Waals surface area contributed by atoms with Crippen LogP contribution < -0.4 is 5.32 Å². The highest BCUT2D eigenvalue weighted by Gasteiger charge is 2.36. The number of anilines is 1. The largest absolute Gasteiger partial charge is 0.382 e. The molecule has 1 N–H and O–H groups in total. The minimum Gasteiger partial charge on any atom is -0.382 e. The molecule has 1 saturated carbocycles. The lowest BCUT2D eigenvalue weighted by molar-refractivity contribution is 0.366. The Morgan fingerprint density at radius 1 is 1.05 bits per heavy atom. The molecule has 106 valence electrons. The van der Waals surface area contributed by atoms with Gasteiger partial charge in [0.1, 0.15) is 0 Å². The summed E-state index contributed by atoms with van der Waals surface area (Å²) in [6, 6.07) is 9.60. The molecule has 2 atom stereocenters. The van der Waals surface area contributed by atoms with E-state index < -0.39 is 0 Å². The summed E-state index contributed by atoms with van der Waals surface area (Å²) in [6.45, 7) is 13.9. The van der Waals surface area contributed by atoms with Crippen molar-refractivity contribution in [1.29, 1.82) is 0 Å². The van der Waals surface area contributed by atoms with E-state index in [1.54, 1.807) is 0 Å². The second-order valence-electron chi connectivity index (χ2n) is 8.13. The quantitative estimate of drug-likeness (QED) is 0.767. The average Bonchev–Trinajstić information content (AvgIpc) is 2.51. The highest BCUT2D eigenvalue weighted by molar-refractivity contribution is 5.47. The summed E-state index contributed by atoms with van der Waals surface area (Å²) >= 11 is 0. The predicted molar refractivity (Wildman–Crippen MR) is 84.7 cm³/mol. The third kappa shape index (κ3) is 3.52. The number of hydrogen-bond acceptors (Lipinski definition) is 1. The van der Waals surface area contributed by atoms with Crippen molar-refractivity contribution in [3.63, 3.8) is 0 Å². The highest BCUT2D eigenvalue weighted by Crippen LogP contribution is 2.42. The molecule has 2 rings (SSSR count). The minimum absolute atomic E-state index is 0.237. The molecule has 0 radical (unpaired) electrons. The Hall–Kier alpha value is -0.980. The Balaban J connectivity index is 2.05. The van der Waals surface area contributed by atoms with Gasteiger partial charge in [-0.3, -0.25) is 0 Å². The molecule has 1 aliphatic rings. The van der Waals surface area contributed by atoms with E-state index in [4.69, 9.17) is 0 Å². The second kappa shape index (κ2) is 4.85. The molecule has 1 heteroatoms. The van der Waals surface area contributed by atoms with Crippen LogP contribution in [0.25, 0.3) is 0 Å². The molecule has 1 aliphatic carbocycles. The van der Waals surface area contributed by atoms with E-state index in [9.17, 15) is 0 Å². The molecule has 0 heterocycles. The van der Waals surface area contributed by atoms with E-state index in [-0.39, 0.29) is 5.41 Å². The minimum atomic E-state index is 0.237. The van der Waals surface area contributed by atoms with Crippen LogP contribution in [-0.2, 0) is 5.41 Å². The number of rotatable bonds is 2. The molecule has 19 heavy (non-hydrogen) atoms. The van der Waals surface area contributed by atoms with Gasteiger partial charge >= 0.3 is 0 Å².